The van der Waals surface area contributed by atoms with Crippen molar-refractivity contribution >= 4 is 17.6 Å². The first kappa shape index (κ1) is 20.6. The predicted octanol–water partition coefficient (Wildman–Crippen LogP) is 3.23. The van der Waals surface area contributed by atoms with Gasteiger partial charge in [-0.15, -0.1) is 0 Å². The Morgan fingerprint density at radius 1 is 1.00 bits per heavy atom. The second kappa shape index (κ2) is 7.37. The number of hydrogen-bond donors (Lipinski definition) is 0. The number of fused-ring (bicyclic) bond motifs is 2. The first-order chi connectivity index (χ1) is 15.2. The Balaban J connectivity index is 1.36. The van der Waals surface area contributed by atoms with E-state index in [-0.39, 0.29) is 19.9 Å². The van der Waals surface area contributed by atoms with Gasteiger partial charge in [0.1, 0.15) is 11.9 Å². The molecule has 3 amide bonds. The number of piperazine rings is 1. The molecule has 0 spiro atoms. The van der Waals surface area contributed by atoms with Crippen molar-refractivity contribution in [1.82, 2.24) is 9.80 Å². The van der Waals surface area contributed by atoms with E-state index in [1.807, 2.05) is 17.0 Å². The van der Waals surface area contributed by atoms with Gasteiger partial charge >= 0.3 is 12.2 Å². The summed E-state index contributed by atoms with van der Waals surface area (Å²) in [6.45, 7) is 1.44. The SMILES string of the molecule is O=C1C2CN(Cc3ccc4c(c3)OCO4)CCN2C(=O)N1c1cc(C(F)(F)F)ccc1F. The predicted molar refractivity (Wildman–Crippen MR) is 103 cm³/mol. The number of alkyl halides is 3. The molecule has 3 aliphatic rings. The Morgan fingerprint density at radius 3 is 2.56 bits per heavy atom. The van der Waals surface area contributed by atoms with Crippen LogP contribution in [0.2, 0.25) is 0 Å². The van der Waals surface area contributed by atoms with Crippen LogP contribution in [0.1, 0.15) is 11.1 Å². The van der Waals surface area contributed by atoms with Gasteiger partial charge in [0.15, 0.2) is 11.5 Å². The van der Waals surface area contributed by atoms with E-state index in [0.717, 1.165) is 5.56 Å². The van der Waals surface area contributed by atoms with Crippen LogP contribution in [0, 0.1) is 5.82 Å². The fourth-order valence-corrected chi connectivity index (χ4v) is 4.17. The molecule has 0 bridgehead atoms. The Bertz CT molecular complexity index is 1110. The quantitative estimate of drug-likeness (QED) is 0.530. The summed E-state index contributed by atoms with van der Waals surface area (Å²) in [4.78, 5) is 29.5. The lowest BCUT2D eigenvalue weighted by molar-refractivity contribution is -0.137. The fourth-order valence-electron chi connectivity index (χ4n) is 4.17. The van der Waals surface area contributed by atoms with Crippen LogP contribution in [-0.2, 0) is 17.5 Å². The van der Waals surface area contributed by atoms with Crippen molar-refractivity contribution in [3.05, 3.63) is 53.3 Å². The normalized spacial score (nSPS) is 20.8. The number of hydrogen-bond acceptors (Lipinski definition) is 5. The number of ether oxygens (including phenoxy) is 2. The Morgan fingerprint density at radius 2 is 1.78 bits per heavy atom. The molecule has 2 fully saturated rings. The summed E-state index contributed by atoms with van der Waals surface area (Å²) in [5.74, 6) is -0.547. The number of nitrogens with zero attached hydrogens (tertiary/aromatic N) is 3. The summed E-state index contributed by atoms with van der Waals surface area (Å²) in [6, 6.07) is 5.45. The molecule has 3 heterocycles. The second-order valence-corrected chi connectivity index (χ2v) is 7.75. The lowest BCUT2D eigenvalue weighted by atomic mass is 10.1. The number of urea groups is 1. The molecule has 0 radical (unpaired) electrons. The molecule has 0 aromatic heterocycles. The number of benzene rings is 2. The summed E-state index contributed by atoms with van der Waals surface area (Å²) >= 11 is 0. The first-order valence-electron chi connectivity index (χ1n) is 9.84. The second-order valence-electron chi connectivity index (χ2n) is 7.75. The molecule has 3 aliphatic heterocycles. The van der Waals surface area contributed by atoms with E-state index in [2.05, 4.69) is 0 Å². The molecule has 32 heavy (non-hydrogen) atoms. The van der Waals surface area contributed by atoms with Gasteiger partial charge in [0.25, 0.3) is 5.91 Å². The van der Waals surface area contributed by atoms with Crippen LogP contribution in [0.4, 0.5) is 28.0 Å². The molecule has 0 N–H and O–H groups in total. The van der Waals surface area contributed by atoms with Gasteiger partial charge in [-0.05, 0) is 35.9 Å². The van der Waals surface area contributed by atoms with Crippen LogP contribution in [0.3, 0.4) is 0 Å². The first-order valence-corrected chi connectivity index (χ1v) is 9.84. The van der Waals surface area contributed by atoms with Gasteiger partial charge in [-0.2, -0.15) is 13.2 Å². The van der Waals surface area contributed by atoms with Gasteiger partial charge < -0.3 is 14.4 Å². The van der Waals surface area contributed by atoms with Crippen LogP contribution in [-0.4, -0.2) is 54.2 Å². The third-order valence-electron chi connectivity index (χ3n) is 5.76. The monoisotopic (exact) mass is 451 g/mol. The van der Waals surface area contributed by atoms with Crippen LogP contribution in [0.15, 0.2) is 36.4 Å². The summed E-state index contributed by atoms with van der Waals surface area (Å²) < 4.78 is 64.2. The van der Waals surface area contributed by atoms with Gasteiger partial charge in [0.2, 0.25) is 6.79 Å². The lowest BCUT2D eigenvalue weighted by Gasteiger charge is -2.35. The molecule has 0 aliphatic carbocycles. The largest absolute Gasteiger partial charge is 0.454 e. The number of rotatable bonds is 3. The molecule has 7 nitrogen and oxygen atoms in total. The van der Waals surface area contributed by atoms with Gasteiger partial charge in [-0.25, -0.2) is 14.1 Å². The van der Waals surface area contributed by atoms with Gasteiger partial charge in [-0.3, -0.25) is 9.69 Å². The van der Waals surface area contributed by atoms with Crippen LogP contribution >= 0.6 is 0 Å². The zero-order valence-electron chi connectivity index (χ0n) is 16.6. The van der Waals surface area contributed by atoms with Gasteiger partial charge in [0.05, 0.1) is 11.3 Å². The zero-order chi connectivity index (χ0) is 22.6. The average molecular weight is 451 g/mol. The number of carbonyl (C=O) groups is 2. The number of imide groups is 1. The average Bonchev–Trinajstić information content (AvgIpc) is 3.30. The summed E-state index contributed by atoms with van der Waals surface area (Å²) in [7, 11) is 0. The fraction of sp³-hybridized carbons (Fsp3) is 0.333. The van der Waals surface area contributed by atoms with Gasteiger partial charge in [-0.1, -0.05) is 6.07 Å². The molecule has 0 saturated carbocycles. The highest BCUT2D eigenvalue weighted by Crippen LogP contribution is 2.36. The molecular formula is C21H17F4N3O4. The number of halogens is 4. The topological polar surface area (TPSA) is 62.3 Å². The number of anilines is 1. The third-order valence-corrected chi connectivity index (χ3v) is 5.76. The Hall–Kier alpha value is -3.34. The molecule has 5 rings (SSSR count). The Labute approximate surface area is 179 Å². The van der Waals surface area contributed by atoms with Gasteiger partial charge in [0, 0.05) is 26.2 Å². The standard InChI is InChI=1S/C21H17F4N3O4/c22-14-3-2-13(21(23,24)25)8-15(14)28-19(29)16-10-26(5-6-27(16)20(28)30)9-12-1-4-17-18(7-12)32-11-31-17/h1-4,7-8,16H,5-6,9-11H2. The highest BCUT2D eigenvalue weighted by Gasteiger charge is 2.49. The van der Waals surface area contributed by atoms with Crippen molar-refractivity contribution in [3.63, 3.8) is 0 Å². The zero-order valence-corrected chi connectivity index (χ0v) is 16.6. The summed E-state index contributed by atoms with van der Waals surface area (Å²) in [6.07, 6.45) is -4.73. The van der Waals surface area contributed by atoms with Crippen molar-refractivity contribution in [1.29, 1.82) is 0 Å². The van der Waals surface area contributed by atoms with Crippen molar-refractivity contribution in [2.24, 2.45) is 0 Å². The van der Waals surface area contributed by atoms with Crippen LogP contribution in [0.25, 0.3) is 0 Å². The van der Waals surface area contributed by atoms with E-state index in [9.17, 15) is 27.2 Å². The molecule has 168 valence electrons. The van der Waals surface area contributed by atoms with E-state index in [1.54, 1.807) is 6.07 Å². The lowest BCUT2D eigenvalue weighted by Crippen LogP contribution is -2.52. The van der Waals surface area contributed by atoms with E-state index in [1.165, 1.54) is 4.90 Å². The minimum absolute atomic E-state index is 0.151. The maximum Gasteiger partial charge on any atom is 0.416 e. The smallest absolute Gasteiger partial charge is 0.416 e. The summed E-state index contributed by atoms with van der Waals surface area (Å²) in [5.41, 5.74) is -0.907. The maximum atomic E-state index is 14.3. The molecular weight excluding hydrogens is 434 g/mol. The molecule has 2 aromatic carbocycles. The minimum atomic E-state index is -4.73. The van der Waals surface area contributed by atoms with E-state index in [0.29, 0.717) is 47.7 Å². The molecule has 1 unspecified atom stereocenters. The number of amides is 3. The van der Waals surface area contributed by atoms with Crippen molar-refractivity contribution in [2.75, 3.05) is 31.3 Å². The highest BCUT2D eigenvalue weighted by molar-refractivity contribution is 6.21. The van der Waals surface area contributed by atoms with Crippen molar-refractivity contribution in [2.45, 2.75) is 18.8 Å². The summed E-state index contributed by atoms with van der Waals surface area (Å²) in [5, 5.41) is 0. The molecule has 2 aromatic rings. The maximum absolute atomic E-state index is 14.3. The molecule has 11 heteroatoms. The third kappa shape index (κ3) is 3.42. The Kier molecular flexibility index (Phi) is 4.73. The van der Waals surface area contributed by atoms with E-state index < -0.39 is 41.2 Å². The van der Waals surface area contributed by atoms with E-state index >= 15 is 0 Å². The van der Waals surface area contributed by atoms with Crippen LogP contribution < -0.4 is 14.4 Å². The number of carbonyl (C=O) groups excluding carboxylic acids is 2. The van der Waals surface area contributed by atoms with Crippen molar-refractivity contribution in [3.8, 4) is 11.5 Å². The van der Waals surface area contributed by atoms with E-state index in [4.69, 9.17) is 9.47 Å². The van der Waals surface area contributed by atoms with Crippen LogP contribution in [0.5, 0.6) is 11.5 Å². The highest BCUT2D eigenvalue weighted by atomic mass is 19.4. The molecule has 1 atom stereocenters. The van der Waals surface area contributed by atoms with Crippen molar-refractivity contribution < 1.29 is 36.6 Å². The minimum Gasteiger partial charge on any atom is -0.454 e. The molecule has 2 saturated heterocycles.